The maximum atomic E-state index is 14.5. The van der Waals surface area contributed by atoms with Crippen LogP contribution in [0.3, 0.4) is 0 Å². The van der Waals surface area contributed by atoms with Crippen LogP contribution in [0.25, 0.3) is 16.8 Å². The van der Waals surface area contributed by atoms with Crippen molar-refractivity contribution < 1.29 is 13.9 Å². The summed E-state index contributed by atoms with van der Waals surface area (Å²) in [5.41, 5.74) is 2.03. The highest BCUT2D eigenvalue weighted by molar-refractivity contribution is 6.31. The third-order valence-corrected chi connectivity index (χ3v) is 5.30. The van der Waals surface area contributed by atoms with E-state index in [1.165, 1.54) is 12.1 Å². The van der Waals surface area contributed by atoms with E-state index in [0.717, 1.165) is 18.4 Å². The van der Waals surface area contributed by atoms with E-state index >= 15 is 0 Å². The van der Waals surface area contributed by atoms with Crippen LogP contribution in [-0.2, 0) is 4.74 Å². The van der Waals surface area contributed by atoms with Crippen molar-refractivity contribution in [2.75, 3.05) is 13.1 Å². The Kier molecular flexibility index (Phi) is 5.40. The average molecular weight is 431 g/mol. The van der Waals surface area contributed by atoms with Crippen molar-refractivity contribution in [2.45, 2.75) is 45.1 Å². The van der Waals surface area contributed by atoms with Crippen LogP contribution in [0.15, 0.2) is 36.7 Å². The molecule has 0 aromatic carbocycles. The fourth-order valence-corrected chi connectivity index (χ4v) is 3.89. The maximum absolute atomic E-state index is 14.5. The molecule has 4 rings (SSSR count). The van der Waals surface area contributed by atoms with E-state index in [0.29, 0.717) is 35.1 Å². The number of piperidine rings is 1. The van der Waals surface area contributed by atoms with Gasteiger partial charge in [-0.25, -0.2) is 13.7 Å². The van der Waals surface area contributed by atoms with Gasteiger partial charge in [0.2, 0.25) is 0 Å². The number of hydrogen-bond donors (Lipinski definition) is 0. The fourth-order valence-electron chi connectivity index (χ4n) is 3.73. The number of amides is 1. The van der Waals surface area contributed by atoms with E-state index in [1.54, 1.807) is 33.9 Å². The van der Waals surface area contributed by atoms with Crippen LogP contribution in [-0.4, -0.2) is 44.3 Å². The highest BCUT2D eigenvalue weighted by atomic mass is 35.5. The molecule has 3 aromatic rings. The summed E-state index contributed by atoms with van der Waals surface area (Å²) in [7, 11) is 0. The van der Waals surface area contributed by atoms with Crippen molar-refractivity contribution in [2.24, 2.45) is 0 Å². The number of pyridine rings is 2. The highest BCUT2D eigenvalue weighted by Crippen LogP contribution is 2.31. The Morgan fingerprint density at radius 2 is 2.10 bits per heavy atom. The van der Waals surface area contributed by atoms with Crippen LogP contribution in [0.4, 0.5) is 9.18 Å². The molecule has 30 heavy (non-hydrogen) atoms. The number of rotatable bonds is 2. The summed E-state index contributed by atoms with van der Waals surface area (Å²) in [6.45, 7) is 6.60. The Morgan fingerprint density at radius 1 is 1.30 bits per heavy atom. The van der Waals surface area contributed by atoms with Gasteiger partial charge in [-0.15, -0.1) is 0 Å². The summed E-state index contributed by atoms with van der Waals surface area (Å²) in [6, 6.07) is 6.37. The lowest BCUT2D eigenvalue weighted by Gasteiger charge is -2.34. The molecule has 1 aliphatic heterocycles. The minimum Gasteiger partial charge on any atom is -0.444 e. The molecule has 0 N–H and O–H groups in total. The lowest BCUT2D eigenvalue weighted by atomic mass is 9.94. The van der Waals surface area contributed by atoms with Gasteiger partial charge >= 0.3 is 6.09 Å². The molecule has 6 nitrogen and oxygen atoms in total. The number of fused-ring (bicyclic) bond motifs is 1. The number of hydrogen-bond acceptors (Lipinski definition) is 4. The first-order valence-electron chi connectivity index (χ1n) is 9.98. The Morgan fingerprint density at radius 3 is 2.87 bits per heavy atom. The van der Waals surface area contributed by atoms with E-state index in [9.17, 15) is 9.18 Å². The van der Waals surface area contributed by atoms with Crippen molar-refractivity contribution in [3.63, 3.8) is 0 Å². The molecule has 1 amide bonds. The summed E-state index contributed by atoms with van der Waals surface area (Å²) in [5, 5.41) is 4.87. The quantitative estimate of drug-likeness (QED) is 0.553. The smallest absolute Gasteiger partial charge is 0.410 e. The topological polar surface area (TPSA) is 59.7 Å². The second-order valence-electron chi connectivity index (χ2n) is 8.59. The number of nitrogens with zero attached hydrogens (tertiary/aromatic N) is 4. The zero-order valence-corrected chi connectivity index (χ0v) is 18.0. The standard InChI is InChI=1S/C22H24ClFN4O2/c1-22(2,3)30-21(29)27-7-4-5-14(13-27)18-10-16(24)11-19(26-18)17-12-25-28-8-6-15(23)9-20(17)28/h6,8-12,14H,4-5,7,13H2,1-3H3. The predicted molar refractivity (Wildman–Crippen MR) is 113 cm³/mol. The van der Waals surface area contributed by atoms with Crippen LogP contribution < -0.4 is 0 Å². The molecule has 8 heteroatoms. The normalized spacial score (nSPS) is 17.4. The SMILES string of the molecule is CC(C)(C)OC(=O)N1CCCC(c2cc(F)cc(-c3cnn4ccc(Cl)cc34)n2)C1. The van der Waals surface area contributed by atoms with Gasteiger partial charge in [-0.05, 0) is 51.8 Å². The summed E-state index contributed by atoms with van der Waals surface area (Å²) in [6.07, 6.45) is 4.70. The average Bonchev–Trinajstić information content (AvgIpc) is 3.09. The highest BCUT2D eigenvalue weighted by Gasteiger charge is 2.29. The van der Waals surface area contributed by atoms with Crippen LogP contribution >= 0.6 is 11.6 Å². The number of carbonyl (C=O) groups excluding carboxylic acids is 1. The van der Waals surface area contributed by atoms with E-state index < -0.39 is 5.60 Å². The van der Waals surface area contributed by atoms with E-state index in [4.69, 9.17) is 21.3 Å². The lowest BCUT2D eigenvalue weighted by molar-refractivity contribution is 0.0197. The molecule has 1 aliphatic rings. The molecule has 3 aromatic heterocycles. The Hall–Kier alpha value is -2.67. The minimum absolute atomic E-state index is 0.0638. The van der Waals surface area contributed by atoms with Crippen LogP contribution in [0.2, 0.25) is 5.02 Å². The molecule has 1 saturated heterocycles. The molecule has 4 heterocycles. The second-order valence-corrected chi connectivity index (χ2v) is 9.03. The van der Waals surface area contributed by atoms with E-state index in [2.05, 4.69) is 5.10 Å². The van der Waals surface area contributed by atoms with Crippen molar-refractivity contribution in [1.82, 2.24) is 19.5 Å². The third kappa shape index (κ3) is 4.41. The fraction of sp³-hybridized carbons (Fsp3) is 0.409. The second kappa shape index (κ2) is 7.87. The first-order valence-corrected chi connectivity index (χ1v) is 10.4. The van der Waals surface area contributed by atoms with Gasteiger partial charge in [0.1, 0.15) is 11.4 Å². The van der Waals surface area contributed by atoms with Gasteiger partial charge in [-0.3, -0.25) is 4.98 Å². The summed E-state index contributed by atoms with van der Waals surface area (Å²) >= 11 is 6.13. The zero-order chi connectivity index (χ0) is 21.5. The summed E-state index contributed by atoms with van der Waals surface area (Å²) in [5.74, 6) is -0.433. The Bertz CT molecular complexity index is 1090. The summed E-state index contributed by atoms with van der Waals surface area (Å²) < 4.78 is 21.7. The molecular weight excluding hydrogens is 407 g/mol. The van der Waals surface area contributed by atoms with Crippen LogP contribution in [0.5, 0.6) is 0 Å². The summed E-state index contributed by atoms with van der Waals surface area (Å²) in [4.78, 5) is 18.9. The third-order valence-electron chi connectivity index (χ3n) is 5.06. The lowest BCUT2D eigenvalue weighted by Crippen LogP contribution is -2.42. The van der Waals surface area contributed by atoms with Crippen LogP contribution in [0.1, 0.15) is 45.2 Å². The van der Waals surface area contributed by atoms with E-state index in [1.807, 2.05) is 20.8 Å². The number of halogens is 2. The predicted octanol–water partition coefficient (Wildman–Crippen LogP) is 5.30. The van der Waals surface area contributed by atoms with Gasteiger partial charge in [0.05, 0.1) is 17.4 Å². The maximum Gasteiger partial charge on any atom is 0.410 e. The molecule has 0 bridgehead atoms. The van der Waals surface area contributed by atoms with Crippen molar-refractivity contribution in [1.29, 1.82) is 0 Å². The molecule has 1 fully saturated rings. The van der Waals surface area contributed by atoms with Crippen molar-refractivity contribution in [3.8, 4) is 11.3 Å². The van der Waals surface area contributed by atoms with E-state index in [-0.39, 0.29) is 17.8 Å². The van der Waals surface area contributed by atoms with Gasteiger partial charge in [0.25, 0.3) is 0 Å². The first kappa shape index (κ1) is 20.6. The Balaban J connectivity index is 1.63. The molecule has 1 unspecified atom stereocenters. The van der Waals surface area contributed by atoms with Crippen molar-refractivity contribution >= 4 is 23.2 Å². The number of aromatic nitrogens is 3. The Labute approximate surface area is 179 Å². The van der Waals surface area contributed by atoms with Gasteiger partial charge in [0, 0.05) is 47.6 Å². The van der Waals surface area contributed by atoms with Gasteiger partial charge in [-0.1, -0.05) is 11.6 Å². The monoisotopic (exact) mass is 430 g/mol. The molecule has 0 spiro atoms. The molecular formula is C22H24ClFN4O2. The number of carbonyl (C=O) groups is 1. The molecule has 158 valence electrons. The van der Waals surface area contributed by atoms with Gasteiger partial charge < -0.3 is 9.64 Å². The minimum atomic E-state index is -0.556. The van der Waals surface area contributed by atoms with Crippen LogP contribution in [0, 0.1) is 5.82 Å². The number of likely N-dealkylation sites (tertiary alicyclic amines) is 1. The van der Waals surface area contributed by atoms with Gasteiger partial charge in [0.15, 0.2) is 0 Å². The zero-order valence-electron chi connectivity index (χ0n) is 17.2. The number of ether oxygens (including phenoxy) is 1. The van der Waals surface area contributed by atoms with Crippen molar-refractivity contribution in [3.05, 3.63) is 53.2 Å². The molecule has 0 radical (unpaired) electrons. The molecule has 0 aliphatic carbocycles. The first-order chi connectivity index (χ1) is 14.2. The largest absolute Gasteiger partial charge is 0.444 e. The van der Waals surface area contributed by atoms with Gasteiger partial charge in [-0.2, -0.15) is 5.10 Å². The molecule has 0 saturated carbocycles. The molecule has 1 atom stereocenters.